The Labute approximate surface area is 163 Å². The molecule has 1 aliphatic rings. The molecule has 5 nitrogen and oxygen atoms in total. The number of hydrogen-bond donors (Lipinski definition) is 0. The van der Waals surface area contributed by atoms with Gasteiger partial charge in [0.15, 0.2) is 0 Å². The van der Waals surface area contributed by atoms with E-state index in [1.165, 1.54) is 6.07 Å². The Morgan fingerprint density at radius 2 is 1.79 bits per heavy atom. The maximum atomic E-state index is 12.9. The molecule has 1 saturated heterocycles. The molecule has 150 valence electrons. The Kier molecular flexibility index (Phi) is 5.39. The van der Waals surface area contributed by atoms with E-state index in [2.05, 4.69) is 37.0 Å². The molecule has 0 atom stereocenters. The Bertz CT molecular complexity index is 865. The van der Waals surface area contributed by atoms with E-state index in [1.807, 2.05) is 21.8 Å². The maximum Gasteiger partial charge on any atom is 0.416 e. The predicted molar refractivity (Wildman–Crippen MR) is 101 cm³/mol. The molecule has 0 spiro atoms. The van der Waals surface area contributed by atoms with Crippen LogP contribution in [-0.4, -0.2) is 40.9 Å². The van der Waals surface area contributed by atoms with Crippen LogP contribution in [0.5, 0.6) is 0 Å². The first-order valence-corrected chi connectivity index (χ1v) is 9.20. The Hall–Kier alpha value is -2.53. The summed E-state index contributed by atoms with van der Waals surface area (Å²) in [5, 5.41) is 13.7. The van der Waals surface area contributed by atoms with Gasteiger partial charge in [0.05, 0.1) is 28.6 Å². The minimum atomic E-state index is -4.44. The molecule has 1 aliphatic heterocycles. The molecule has 2 heterocycles. The minimum absolute atomic E-state index is 0.0623. The Morgan fingerprint density at radius 1 is 1.11 bits per heavy atom. The fourth-order valence-corrected chi connectivity index (χ4v) is 3.29. The molecule has 0 saturated carbocycles. The molecular formula is C20H24F3N5. The molecule has 28 heavy (non-hydrogen) atoms. The molecule has 0 N–H and O–H groups in total. The molecular weight excluding hydrogens is 367 g/mol. The average Bonchev–Trinajstić information content (AvgIpc) is 3.10. The number of nitriles is 1. The van der Waals surface area contributed by atoms with E-state index in [1.54, 1.807) is 0 Å². The molecule has 0 aliphatic carbocycles. The van der Waals surface area contributed by atoms with Gasteiger partial charge in [-0.05, 0) is 39.0 Å². The molecule has 0 amide bonds. The van der Waals surface area contributed by atoms with E-state index in [0.717, 1.165) is 37.3 Å². The molecule has 2 aromatic rings. The highest BCUT2D eigenvalue weighted by atomic mass is 19.4. The monoisotopic (exact) mass is 391 g/mol. The Morgan fingerprint density at radius 3 is 2.32 bits per heavy atom. The van der Waals surface area contributed by atoms with Crippen molar-refractivity contribution in [1.29, 1.82) is 5.26 Å². The quantitative estimate of drug-likeness (QED) is 0.797. The highest BCUT2D eigenvalue weighted by Gasteiger charge is 2.31. The summed E-state index contributed by atoms with van der Waals surface area (Å²) in [6, 6.07) is 5.29. The lowest BCUT2D eigenvalue weighted by atomic mass is 10.1. The molecule has 1 aromatic carbocycles. The number of aromatic nitrogens is 2. The van der Waals surface area contributed by atoms with Crippen LogP contribution in [0.2, 0.25) is 0 Å². The molecule has 0 radical (unpaired) electrons. The van der Waals surface area contributed by atoms with Crippen molar-refractivity contribution in [3.63, 3.8) is 0 Å². The van der Waals surface area contributed by atoms with Gasteiger partial charge >= 0.3 is 6.18 Å². The van der Waals surface area contributed by atoms with Crippen LogP contribution in [-0.2, 0) is 18.3 Å². The third-order valence-corrected chi connectivity index (χ3v) is 4.89. The van der Waals surface area contributed by atoms with Crippen molar-refractivity contribution < 1.29 is 13.2 Å². The van der Waals surface area contributed by atoms with Crippen molar-refractivity contribution in [2.75, 3.05) is 31.1 Å². The first kappa shape index (κ1) is 20.2. The summed E-state index contributed by atoms with van der Waals surface area (Å²) in [5.74, 6) is 0. The average molecular weight is 391 g/mol. The van der Waals surface area contributed by atoms with Gasteiger partial charge in [0.1, 0.15) is 6.07 Å². The van der Waals surface area contributed by atoms with Gasteiger partial charge in [-0.25, -0.2) is 0 Å². The largest absolute Gasteiger partial charge is 0.416 e. The van der Waals surface area contributed by atoms with Crippen LogP contribution in [0.1, 0.15) is 37.5 Å². The van der Waals surface area contributed by atoms with Gasteiger partial charge in [0.25, 0.3) is 0 Å². The zero-order valence-electron chi connectivity index (χ0n) is 16.3. The van der Waals surface area contributed by atoms with E-state index in [0.29, 0.717) is 18.8 Å². The maximum absolute atomic E-state index is 12.9. The smallest absolute Gasteiger partial charge is 0.368 e. The van der Waals surface area contributed by atoms with Crippen LogP contribution in [0.3, 0.4) is 0 Å². The fourth-order valence-electron chi connectivity index (χ4n) is 3.29. The second-order valence-corrected chi connectivity index (χ2v) is 8.07. The number of rotatable bonds is 3. The van der Waals surface area contributed by atoms with E-state index in [-0.39, 0.29) is 11.1 Å². The molecule has 1 fully saturated rings. The summed E-state index contributed by atoms with van der Waals surface area (Å²) in [4.78, 5) is 4.27. The van der Waals surface area contributed by atoms with Crippen molar-refractivity contribution in [3.05, 3.63) is 47.3 Å². The normalized spacial score (nSPS) is 16.2. The third-order valence-electron chi connectivity index (χ3n) is 4.89. The number of alkyl halides is 3. The summed E-state index contributed by atoms with van der Waals surface area (Å²) in [6.07, 6.45) is -0.516. The van der Waals surface area contributed by atoms with Gasteiger partial charge in [0, 0.05) is 44.5 Å². The lowest BCUT2D eigenvalue weighted by Gasteiger charge is -2.36. The van der Waals surface area contributed by atoms with Gasteiger partial charge in [-0.2, -0.15) is 23.5 Å². The van der Waals surface area contributed by atoms with Crippen LogP contribution in [0.4, 0.5) is 18.9 Å². The van der Waals surface area contributed by atoms with E-state index in [4.69, 9.17) is 0 Å². The van der Waals surface area contributed by atoms with Crippen LogP contribution >= 0.6 is 0 Å². The first-order valence-electron chi connectivity index (χ1n) is 9.20. The van der Waals surface area contributed by atoms with Crippen LogP contribution in [0.15, 0.2) is 30.6 Å². The highest BCUT2D eigenvalue weighted by molar-refractivity contribution is 5.61. The topological polar surface area (TPSA) is 48.1 Å². The van der Waals surface area contributed by atoms with E-state index < -0.39 is 11.7 Å². The highest BCUT2D eigenvalue weighted by Crippen LogP contribution is 2.33. The van der Waals surface area contributed by atoms with Crippen molar-refractivity contribution >= 4 is 5.69 Å². The number of hydrogen-bond acceptors (Lipinski definition) is 4. The third kappa shape index (κ3) is 4.47. The summed E-state index contributed by atoms with van der Waals surface area (Å²) in [5.41, 5.74) is 0.913. The Balaban J connectivity index is 1.64. The molecule has 3 rings (SSSR count). The number of halogens is 3. The SMILES string of the molecule is CC(C)(C)n1cc(CN2CCN(c3ccc(C(F)(F)F)cc3C#N)CC2)cn1. The number of piperazine rings is 1. The lowest BCUT2D eigenvalue weighted by molar-refractivity contribution is -0.137. The molecule has 0 bridgehead atoms. The van der Waals surface area contributed by atoms with Crippen molar-refractivity contribution in [1.82, 2.24) is 14.7 Å². The van der Waals surface area contributed by atoms with Crippen molar-refractivity contribution in [2.45, 2.75) is 39.0 Å². The fraction of sp³-hybridized carbons (Fsp3) is 0.500. The molecule has 0 unspecified atom stereocenters. The van der Waals surface area contributed by atoms with Crippen LogP contribution in [0, 0.1) is 11.3 Å². The summed E-state index contributed by atoms with van der Waals surface area (Å²) in [6.45, 7) is 9.93. The predicted octanol–water partition coefficient (Wildman–Crippen LogP) is 3.85. The standard InChI is InChI=1S/C20H24F3N5/c1-19(2,3)28-14-15(12-25-28)13-26-6-8-27(9-7-26)18-5-4-17(20(21,22)23)10-16(18)11-24/h4-5,10,12,14H,6-9,13H2,1-3H3. The van der Waals surface area contributed by atoms with Crippen LogP contribution < -0.4 is 4.90 Å². The lowest BCUT2D eigenvalue weighted by Crippen LogP contribution is -2.46. The first-order chi connectivity index (χ1) is 13.1. The van der Waals surface area contributed by atoms with Crippen LogP contribution in [0.25, 0.3) is 0 Å². The van der Waals surface area contributed by atoms with Gasteiger partial charge in [-0.3, -0.25) is 9.58 Å². The molecule has 8 heteroatoms. The van der Waals surface area contributed by atoms with Gasteiger partial charge in [-0.15, -0.1) is 0 Å². The van der Waals surface area contributed by atoms with Crippen molar-refractivity contribution in [2.24, 2.45) is 0 Å². The minimum Gasteiger partial charge on any atom is -0.368 e. The number of anilines is 1. The molecule has 1 aromatic heterocycles. The second kappa shape index (κ2) is 7.47. The van der Waals surface area contributed by atoms with Crippen molar-refractivity contribution in [3.8, 4) is 6.07 Å². The van der Waals surface area contributed by atoms with E-state index in [9.17, 15) is 18.4 Å². The zero-order chi connectivity index (χ0) is 20.5. The number of benzene rings is 1. The summed E-state index contributed by atoms with van der Waals surface area (Å²) in [7, 11) is 0. The van der Waals surface area contributed by atoms with Gasteiger partial charge < -0.3 is 4.90 Å². The summed E-state index contributed by atoms with van der Waals surface area (Å²) < 4.78 is 40.6. The second-order valence-electron chi connectivity index (χ2n) is 8.07. The summed E-state index contributed by atoms with van der Waals surface area (Å²) >= 11 is 0. The zero-order valence-corrected chi connectivity index (χ0v) is 16.3. The van der Waals surface area contributed by atoms with Gasteiger partial charge in [0.2, 0.25) is 0 Å². The van der Waals surface area contributed by atoms with E-state index >= 15 is 0 Å². The number of nitrogens with zero attached hydrogens (tertiary/aromatic N) is 5. The van der Waals surface area contributed by atoms with Gasteiger partial charge in [-0.1, -0.05) is 0 Å².